The average Bonchev–Trinajstić information content (AvgIpc) is 2.91. The molecule has 0 aliphatic rings. The second kappa shape index (κ2) is 12.2. The van der Waals surface area contributed by atoms with Crippen LogP contribution in [0.1, 0.15) is 18.1 Å². The monoisotopic (exact) mass is 587 g/mol. The fourth-order valence-corrected chi connectivity index (χ4v) is 5.37. The zero-order valence-electron chi connectivity index (χ0n) is 21.1. The molecule has 3 aromatic rings. The van der Waals surface area contributed by atoms with E-state index < -0.39 is 28.5 Å². The lowest BCUT2D eigenvalue weighted by molar-refractivity contribution is -0.139. The molecule has 0 spiro atoms. The van der Waals surface area contributed by atoms with Gasteiger partial charge >= 0.3 is 0 Å². The number of hydrogen-bond acceptors (Lipinski definition) is 5. The summed E-state index contributed by atoms with van der Waals surface area (Å²) in [4.78, 5) is 27.6. The first-order valence-corrected chi connectivity index (χ1v) is 13.8. The molecule has 196 valence electrons. The van der Waals surface area contributed by atoms with Crippen molar-refractivity contribution in [2.24, 2.45) is 0 Å². The van der Waals surface area contributed by atoms with E-state index in [-0.39, 0.29) is 17.3 Å². The first-order valence-electron chi connectivity index (χ1n) is 11.6. The largest absolute Gasteiger partial charge is 0.497 e. The van der Waals surface area contributed by atoms with Gasteiger partial charge in [0.1, 0.15) is 18.3 Å². The fourth-order valence-electron chi connectivity index (χ4n) is 3.69. The van der Waals surface area contributed by atoms with E-state index in [0.29, 0.717) is 11.4 Å². The predicted molar refractivity (Wildman–Crippen MR) is 147 cm³/mol. The smallest absolute Gasteiger partial charge is 0.264 e. The Hall–Kier alpha value is -3.37. The normalized spacial score (nSPS) is 11.9. The van der Waals surface area contributed by atoms with Crippen LogP contribution in [-0.2, 0) is 26.2 Å². The van der Waals surface area contributed by atoms with E-state index in [1.54, 1.807) is 43.3 Å². The summed E-state index contributed by atoms with van der Waals surface area (Å²) in [6.45, 7) is 3.15. The quantitative estimate of drug-likeness (QED) is 0.385. The number of carbonyl (C=O) groups is 2. The lowest BCUT2D eigenvalue weighted by atomic mass is 10.1. The molecule has 0 fully saturated rings. The van der Waals surface area contributed by atoms with Crippen molar-refractivity contribution < 1.29 is 22.7 Å². The van der Waals surface area contributed by atoms with Gasteiger partial charge in [-0.25, -0.2) is 8.42 Å². The first kappa shape index (κ1) is 28.2. The molecule has 1 atom stereocenters. The summed E-state index contributed by atoms with van der Waals surface area (Å²) in [5.41, 5.74) is 2.08. The molecule has 0 heterocycles. The van der Waals surface area contributed by atoms with E-state index >= 15 is 0 Å². The summed E-state index contributed by atoms with van der Waals surface area (Å²) in [7, 11) is -1.14. The minimum atomic E-state index is -4.13. The van der Waals surface area contributed by atoms with Crippen molar-refractivity contribution in [2.45, 2.75) is 31.3 Å². The van der Waals surface area contributed by atoms with Crippen LogP contribution >= 0.6 is 15.9 Å². The van der Waals surface area contributed by atoms with Gasteiger partial charge in [-0.2, -0.15) is 0 Å². The molecule has 8 nitrogen and oxygen atoms in total. The Labute approximate surface area is 226 Å². The van der Waals surface area contributed by atoms with E-state index in [4.69, 9.17) is 4.74 Å². The lowest BCUT2D eigenvalue weighted by Crippen LogP contribution is -2.50. The molecule has 3 rings (SSSR count). The highest BCUT2D eigenvalue weighted by Gasteiger charge is 2.32. The highest BCUT2D eigenvalue weighted by atomic mass is 79.9. The molecule has 1 unspecified atom stereocenters. The summed E-state index contributed by atoms with van der Waals surface area (Å²) in [6, 6.07) is 19.4. The number of ether oxygens (including phenoxy) is 1. The number of carbonyl (C=O) groups excluding carboxylic acids is 2. The molecule has 0 radical (unpaired) electrons. The summed E-state index contributed by atoms with van der Waals surface area (Å²) in [5, 5.41) is 2.57. The summed E-state index contributed by atoms with van der Waals surface area (Å²) in [6.07, 6.45) is 0. The molecule has 0 saturated carbocycles. The van der Waals surface area contributed by atoms with Crippen LogP contribution < -0.4 is 14.4 Å². The third-order valence-corrected chi connectivity index (χ3v) is 8.24. The molecular formula is C27H30BrN3O5S. The van der Waals surface area contributed by atoms with Gasteiger partial charge in [0.2, 0.25) is 11.8 Å². The third-order valence-electron chi connectivity index (χ3n) is 5.93. The minimum absolute atomic E-state index is 0.0143. The number of hydrogen-bond donors (Lipinski definition) is 1. The summed E-state index contributed by atoms with van der Waals surface area (Å²) < 4.78 is 34.6. The van der Waals surface area contributed by atoms with Crippen LogP contribution in [0.2, 0.25) is 0 Å². The van der Waals surface area contributed by atoms with Gasteiger partial charge in [0.25, 0.3) is 10.0 Å². The van der Waals surface area contributed by atoms with Crippen LogP contribution in [0.5, 0.6) is 5.75 Å². The molecule has 37 heavy (non-hydrogen) atoms. The number of aryl methyl sites for hydroxylation is 1. The van der Waals surface area contributed by atoms with Gasteiger partial charge < -0.3 is 15.0 Å². The minimum Gasteiger partial charge on any atom is -0.497 e. The lowest BCUT2D eigenvalue weighted by Gasteiger charge is -2.31. The Morgan fingerprint density at radius 3 is 2.11 bits per heavy atom. The van der Waals surface area contributed by atoms with Crippen LogP contribution in [0.25, 0.3) is 0 Å². The zero-order chi connectivity index (χ0) is 27.2. The molecule has 3 aromatic carbocycles. The summed E-state index contributed by atoms with van der Waals surface area (Å²) in [5.74, 6) is -0.362. The van der Waals surface area contributed by atoms with E-state index in [1.165, 1.54) is 31.2 Å². The van der Waals surface area contributed by atoms with Crippen molar-refractivity contribution in [1.29, 1.82) is 0 Å². The van der Waals surface area contributed by atoms with Gasteiger partial charge in [0.05, 0.1) is 17.7 Å². The number of methoxy groups -OCH3 is 1. The molecule has 0 aromatic heterocycles. The van der Waals surface area contributed by atoms with Gasteiger partial charge in [-0.3, -0.25) is 13.9 Å². The molecule has 2 amide bonds. The topological polar surface area (TPSA) is 96.0 Å². The van der Waals surface area contributed by atoms with Crippen molar-refractivity contribution in [1.82, 2.24) is 10.2 Å². The maximum atomic E-state index is 13.8. The standard InChI is InChI=1S/C27H30BrN3O5S/c1-19-5-11-23(12-6-19)31(37(34,35)25-15-13-24(36-4)14-16-25)18-26(32)30(20(2)27(33)29-3)17-21-7-9-22(28)10-8-21/h5-16,20H,17-18H2,1-4H3,(H,29,33). The van der Waals surface area contributed by atoms with Crippen molar-refractivity contribution >= 4 is 43.5 Å². The van der Waals surface area contributed by atoms with Crippen molar-refractivity contribution in [3.8, 4) is 5.75 Å². The van der Waals surface area contributed by atoms with Gasteiger partial charge in [-0.15, -0.1) is 0 Å². The molecular weight excluding hydrogens is 558 g/mol. The molecule has 10 heteroatoms. The molecule has 0 bridgehead atoms. The van der Waals surface area contributed by atoms with Crippen LogP contribution in [0, 0.1) is 6.92 Å². The third kappa shape index (κ3) is 6.90. The highest BCUT2D eigenvalue weighted by molar-refractivity contribution is 9.10. The number of halogens is 1. The number of anilines is 1. The number of amides is 2. The Kier molecular flexibility index (Phi) is 9.34. The van der Waals surface area contributed by atoms with Crippen LogP contribution in [0.4, 0.5) is 5.69 Å². The number of nitrogens with zero attached hydrogens (tertiary/aromatic N) is 2. The Balaban J connectivity index is 2.01. The predicted octanol–water partition coefficient (Wildman–Crippen LogP) is 4.12. The van der Waals surface area contributed by atoms with Gasteiger partial charge in [0, 0.05) is 18.1 Å². The Bertz CT molecular complexity index is 1330. The SMILES string of the molecule is CNC(=O)C(C)N(Cc1ccc(Br)cc1)C(=O)CN(c1ccc(C)cc1)S(=O)(=O)c1ccc(OC)cc1. The van der Waals surface area contributed by atoms with Crippen LogP contribution in [0.3, 0.4) is 0 Å². The van der Waals surface area contributed by atoms with Crippen molar-refractivity contribution in [3.05, 3.63) is 88.4 Å². The maximum Gasteiger partial charge on any atom is 0.264 e. The van der Waals surface area contributed by atoms with Crippen LogP contribution in [-0.4, -0.2) is 51.9 Å². The molecule has 0 saturated heterocycles. The van der Waals surface area contributed by atoms with Gasteiger partial charge in [-0.05, 0) is 67.9 Å². The highest BCUT2D eigenvalue weighted by Crippen LogP contribution is 2.26. The Morgan fingerprint density at radius 1 is 0.973 bits per heavy atom. The van der Waals surface area contributed by atoms with Crippen molar-refractivity contribution in [3.63, 3.8) is 0 Å². The van der Waals surface area contributed by atoms with Crippen molar-refractivity contribution in [2.75, 3.05) is 25.0 Å². The van der Waals surface area contributed by atoms with E-state index in [9.17, 15) is 18.0 Å². The number of benzene rings is 3. The van der Waals surface area contributed by atoms with E-state index in [1.807, 2.05) is 31.2 Å². The fraction of sp³-hybridized carbons (Fsp3) is 0.259. The zero-order valence-corrected chi connectivity index (χ0v) is 23.5. The number of rotatable bonds is 10. The van der Waals surface area contributed by atoms with E-state index in [2.05, 4.69) is 21.2 Å². The summed E-state index contributed by atoms with van der Waals surface area (Å²) >= 11 is 3.39. The molecule has 0 aliphatic carbocycles. The number of nitrogens with one attached hydrogen (secondary N) is 1. The molecule has 0 aliphatic heterocycles. The van der Waals surface area contributed by atoms with Gasteiger partial charge in [-0.1, -0.05) is 45.8 Å². The average molecular weight is 589 g/mol. The first-order chi connectivity index (χ1) is 17.6. The number of sulfonamides is 1. The van der Waals surface area contributed by atoms with Gasteiger partial charge in [0.15, 0.2) is 0 Å². The maximum absolute atomic E-state index is 13.8. The molecule has 1 N–H and O–H groups in total. The second-order valence-corrected chi connectivity index (χ2v) is 11.2. The Morgan fingerprint density at radius 2 is 1.57 bits per heavy atom. The second-order valence-electron chi connectivity index (χ2n) is 8.46. The van der Waals surface area contributed by atoms with E-state index in [0.717, 1.165) is 19.9 Å². The van der Waals surface area contributed by atoms with Crippen LogP contribution in [0.15, 0.2) is 82.2 Å². The number of likely N-dealkylation sites (N-methyl/N-ethyl adjacent to an activating group) is 1.